The van der Waals surface area contributed by atoms with Crippen LogP contribution in [0, 0.1) is 5.92 Å². The fourth-order valence-electron chi connectivity index (χ4n) is 2.25. The Morgan fingerprint density at radius 1 is 1.44 bits per heavy atom. The second-order valence-corrected chi connectivity index (χ2v) is 4.56. The molecule has 1 fully saturated rings. The Morgan fingerprint density at radius 3 is 2.56 bits per heavy atom. The van der Waals surface area contributed by atoms with E-state index in [4.69, 9.17) is 10.5 Å². The molecule has 1 rings (SSSR count). The molecule has 0 aromatic heterocycles. The summed E-state index contributed by atoms with van der Waals surface area (Å²) in [5.74, 6) is 0.419. The Morgan fingerprint density at radius 2 is 2.06 bits per heavy atom. The summed E-state index contributed by atoms with van der Waals surface area (Å²) in [4.78, 5) is 14.1. The highest BCUT2D eigenvalue weighted by Crippen LogP contribution is 2.17. The molecule has 0 aromatic carbocycles. The van der Waals surface area contributed by atoms with Gasteiger partial charge in [0.25, 0.3) is 0 Å². The minimum atomic E-state index is 0.00191. The van der Waals surface area contributed by atoms with Gasteiger partial charge in [0.05, 0.1) is 12.2 Å². The Hall–Kier alpha value is -0.610. The lowest BCUT2D eigenvalue weighted by Gasteiger charge is -2.37. The average Bonchev–Trinajstić information content (AvgIpc) is 2.29. The van der Waals surface area contributed by atoms with E-state index in [0.717, 1.165) is 12.8 Å². The zero-order chi connectivity index (χ0) is 12.1. The predicted octanol–water partition coefficient (Wildman–Crippen LogP) is 0.997. The molecule has 1 heterocycles. The SMILES string of the molecule is CCC(CC)C(=O)N1CC(C)OC(CN)C1. The lowest BCUT2D eigenvalue weighted by atomic mass is 10.0. The van der Waals surface area contributed by atoms with Gasteiger partial charge in [0.15, 0.2) is 0 Å². The number of ether oxygens (including phenoxy) is 1. The van der Waals surface area contributed by atoms with Crippen molar-refractivity contribution in [2.75, 3.05) is 19.6 Å². The third kappa shape index (κ3) is 3.19. The molecule has 0 radical (unpaired) electrons. The van der Waals surface area contributed by atoms with Crippen molar-refractivity contribution in [2.45, 2.75) is 45.8 Å². The van der Waals surface area contributed by atoms with Crippen LogP contribution in [0.1, 0.15) is 33.6 Å². The second kappa shape index (κ2) is 6.21. The summed E-state index contributed by atoms with van der Waals surface area (Å²) in [5.41, 5.74) is 5.61. The first kappa shape index (κ1) is 13.5. The number of morpholine rings is 1. The molecule has 2 N–H and O–H groups in total. The number of hydrogen-bond acceptors (Lipinski definition) is 3. The molecular formula is C12H24N2O2. The van der Waals surface area contributed by atoms with Crippen LogP contribution < -0.4 is 5.73 Å². The number of carbonyl (C=O) groups excluding carboxylic acids is 1. The molecule has 1 amide bonds. The molecule has 1 saturated heterocycles. The zero-order valence-electron chi connectivity index (χ0n) is 10.6. The molecule has 16 heavy (non-hydrogen) atoms. The van der Waals surface area contributed by atoms with Crippen LogP contribution in [0.2, 0.25) is 0 Å². The van der Waals surface area contributed by atoms with Gasteiger partial charge in [-0.05, 0) is 19.8 Å². The van der Waals surface area contributed by atoms with Gasteiger partial charge in [0, 0.05) is 25.6 Å². The number of nitrogens with two attached hydrogens (primary N) is 1. The van der Waals surface area contributed by atoms with Crippen molar-refractivity contribution in [1.82, 2.24) is 4.90 Å². The zero-order valence-corrected chi connectivity index (χ0v) is 10.6. The van der Waals surface area contributed by atoms with Crippen molar-refractivity contribution in [1.29, 1.82) is 0 Å². The first-order chi connectivity index (χ1) is 7.62. The number of rotatable bonds is 4. The number of amides is 1. The van der Waals surface area contributed by atoms with Crippen LogP contribution in [0.4, 0.5) is 0 Å². The number of hydrogen-bond donors (Lipinski definition) is 1. The van der Waals surface area contributed by atoms with Crippen molar-refractivity contribution in [3.63, 3.8) is 0 Å². The summed E-state index contributed by atoms with van der Waals surface area (Å²) < 4.78 is 5.64. The van der Waals surface area contributed by atoms with Crippen molar-refractivity contribution in [3.8, 4) is 0 Å². The molecule has 2 atom stereocenters. The van der Waals surface area contributed by atoms with Gasteiger partial charge in [-0.2, -0.15) is 0 Å². The van der Waals surface area contributed by atoms with Crippen LogP contribution in [-0.4, -0.2) is 42.6 Å². The van der Waals surface area contributed by atoms with E-state index in [9.17, 15) is 4.79 Å². The van der Waals surface area contributed by atoms with Gasteiger partial charge in [-0.15, -0.1) is 0 Å². The smallest absolute Gasteiger partial charge is 0.225 e. The normalized spacial score (nSPS) is 26.2. The van der Waals surface area contributed by atoms with Crippen LogP contribution in [0.15, 0.2) is 0 Å². The van der Waals surface area contributed by atoms with E-state index in [1.807, 2.05) is 11.8 Å². The molecule has 0 saturated carbocycles. The molecule has 4 heteroatoms. The molecule has 0 aliphatic carbocycles. The molecule has 0 aromatic rings. The van der Waals surface area contributed by atoms with Crippen molar-refractivity contribution < 1.29 is 9.53 Å². The third-order valence-corrected chi connectivity index (χ3v) is 3.24. The molecule has 4 nitrogen and oxygen atoms in total. The highest BCUT2D eigenvalue weighted by Gasteiger charge is 2.30. The monoisotopic (exact) mass is 228 g/mol. The van der Waals surface area contributed by atoms with Gasteiger partial charge in [-0.25, -0.2) is 0 Å². The fourth-order valence-corrected chi connectivity index (χ4v) is 2.25. The predicted molar refractivity (Wildman–Crippen MR) is 64.0 cm³/mol. The molecule has 1 aliphatic rings. The number of carbonyl (C=O) groups is 1. The maximum absolute atomic E-state index is 12.2. The van der Waals surface area contributed by atoms with Crippen LogP contribution in [-0.2, 0) is 9.53 Å². The summed E-state index contributed by atoms with van der Waals surface area (Å²) in [5, 5.41) is 0. The standard InChI is InChI=1S/C12H24N2O2/c1-4-10(5-2)12(15)14-7-9(3)16-11(6-13)8-14/h9-11H,4-8,13H2,1-3H3. The molecule has 0 spiro atoms. The average molecular weight is 228 g/mol. The lowest BCUT2D eigenvalue weighted by Crippen LogP contribution is -2.52. The van der Waals surface area contributed by atoms with E-state index in [1.54, 1.807) is 0 Å². The minimum Gasteiger partial charge on any atom is -0.370 e. The van der Waals surface area contributed by atoms with Crippen molar-refractivity contribution >= 4 is 5.91 Å². The van der Waals surface area contributed by atoms with Crippen molar-refractivity contribution in [2.24, 2.45) is 11.7 Å². The summed E-state index contributed by atoms with van der Waals surface area (Å²) in [6.07, 6.45) is 1.92. The van der Waals surface area contributed by atoms with Crippen LogP contribution in [0.25, 0.3) is 0 Å². The summed E-state index contributed by atoms with van der Waals surface area (Å²) in [6, 6.07) is 0. The van der Waals surface area contributed by atoms with Gasteiger partial charge < -0.3 is 15.4 Å². The van der Waals surface area contributed by atoms with E-state index < -0.39 is 0 Å². The summed E-state index contributed by atoms with van der Waals surface area (Å²) >= 11 is 0. The molecule has 94 valence electrons. The summed E-state index contributed by atoms with van der Waals surface area (Å²) in [6.45, 7) is 7.96. The van der Waals surface area contributed by atoms with Gasteiger partial charge >= 0.3 is 0 Å². The van der Waals surface area contributed by atoms with Crippen LogP contribution >= 0.6 is 0 Å². The minimum absolute atomic E-state index is 0.00191. The maximum atomic E-state index is 12.2. The van der Waals surface area contributed by atoms with Crippen molar-refractivity contribution in [3.05, 3.63) is 0 Å². The highest BCUT2D eigenvalue weighted by molar-refractivity contribution is 5.78. The molecular weight excluding hydrogens is 204 g/mol. The lowest BCUT2D eigenvalue weighted by molar-refractivity contribution is -0.148. The topological polar surface area (TPSA) is 55.6 Å². The Kier molecular flexibility index (Phi) is 5.22. The Bertz CT molecular complexity index is 229. The van der Waals surface area contributed by atoms with Crippen LogP contribution in [0.3, 0.4) is 0 Å². The van der Waals surface area contributed by atoms with Gasteiger partial charge in [0.2, 0.25) is 5.91 Å². The largest absolute Gasteiger partial charge is 0.370 e. The first-order valence-electron chi connectivity index (χ1n) is 6.26. The molecule has 1 aliphatic heterocycles. The number of nitrogens with zero attached hydrogens (tertiary/aromatic N) is 1. The quantitative estimate of drug-likeness (QED) is 0.781. The molecule has 2 unspecified atom stereocenters. The summed E-state index contributed by atoms with van der Waals surface area (Å²) in [7, 11) is 0. The van der Waals surface area contributed by atoms with E-state index in [0.29, 0.717) is 19.6 Å². The van der Waals surface area contributed by atoms with E-state index in [-0.39, 0.29) is 24.0 Å². The van der Waals surface area contributed by atoms with E-state index >= 15 is 0 Å². The Labute approximate surface area is 98.1 Å². The van der Waals surface area contributed by atoms with Gasteiger partial charge in [0.1, 0.15) is 0 Å². The van der Waals surface area contributed by atoms with E-state index in [2.05, 4.69) is 13.8 Å². The third-order valence-electron chi connectivity index (χ3n) is 3.24. The van der Waals surface area contributed by atoms with E-state index in [1.165, 1.54) is 0 Å². The Balaban J connectivity index is 2.60. The maximum Gasteiger partial charge on any atom is 0.225 e. The van der Waals surface area contributed by atoms with Crippen LogP contribution in [0.5, 0.6) is 0 Å². The molecule has 0 bridgehead atoms. The first-order valence-corrected chi connectivity index (χ1v) is 6.26. The second-order valence-electron chi connectivity index (χ2n) is 4.56. The van der Waals surface area contributed by atoms with Gasteiger partial charge in [-0.1, -0.05) is 13.8 Å². The highest BCUT2D eigenvalue weighted by atomic mass is 16.5. The fraction of sp³-hybridized carbons (Fsp3) is 0.917. The van der Waals surface area contributed by atoms with Gasteiger partial charge in [-0.3, -0.25) is 4.79 Å².